The summed E-state index contributed by atoms with van der Waals surface area (Å²) in [6.07, 6.45) is 15.9. The quantitative estimate of drug-likeness (QED) is 0.300. The molecule has 0 atom stereocenters. The molecule has 2 heterocycles. The van der Waals surface area contributed by atoms with E-state index in [4.69, 9.17) is 0 Å². The van der Waals surface area contributed by atoms with E-state index < -0.39 is 0 Å². The monoisotopic (exact) mass is 392 g/mol. The Morgan fingerprint density at radius 2 is 1.20 bits per heavy atom. The number of nitrogens with zero attached hydrogens (tertiary/aromatic N) is 4. The topological polar surface area (TPSA) is 17.6 Å². The van der Waals surface area contributed by atoms with Crippen LogP contribution in [-0.2, 0) is 13.1 Å². The molecule has 30 heavy (non-hydrogen) atoms. The molecule has 0 amide bonds. The lowest BCUT2D eigenvalue weighted by molar-refractivity contribution is -0.687. The van der Waals surface area contributed by atoms with Gasteiger partial charge in [0.1, 0.15) is 37.9 Å². The fourth-order valence-corrected chi connectivity index (χ4v) is 4.08. The number of hydrogen-bond donors (Lipinski definition) is 0. The summed E-state index contributed by atoms with van der Waals surface area (Å²) in [6, 6.07) is 17.8. The van der Waals surface area contributed by atoms with Gasteiger partial charge in [0.25, 0.3) is 0 Å². The van der Waals surface area contributed by atoms with Crippen LogP contribution in [0.1, 0.15) is 11.1 Å². The van der Waals surface area contributed by atoms with E-state index in [1.54, 1.807) is 12.4 Å². The van der Waals surface area contributed by atoms with Crippen molar-refractivity contribution >= 4 is 33.9 Å². The zero-order valence-corrected chi connectivity index (χ0v) is 16.9. The van der Waals surface area contributed by atoms with Gasteiger partial charge in [-0.05, 0) is 33.7 Å². The molecule has 0 fully saturated rings. The lowest BCUT2D eigenvalue weighted by Crippen LogP contribution is -2.31. The number of fused-ring (bicyclic) bond motifs is 2. The summed E-state index contributed by atoms with van der Waals surface area (Å²) in [4.78, 5) is 0. The minimum absolute atomic E-state index is 0.822. The first-order valence-electron chi connectivity index (χ1n) is 10.0. The summed E-state index contributed by atoms with van der Waals surface area (Å²) in [5.74, 6) is 0. The van der Waals surface area contributed by atoms with Crippen molar-refractivity contribution < 1.29 is 9.13 Å². The Morgan fingerprint density at radius 3 is 1.63 bits per heavy atom. The van der Waals surface area contributed by atoms with Crippen LogP contribution in [0, 0.1) is 0 Å². The zero-order valence-electron chi connectivity index (χ0n) is 16.9. The highest BCUT2D eigenvalue weighted by Gasteiger charge is 2.11. The highest BCUT2D eigenvalue weighted by atomic mass is 15.1. The van der Waals surface area contributed by atoms with E-state index in [0.717, 1.165) is 13.1 Å². The second-order valence-electron chi connectivity index (χ2n) is 7.56. The molecule has 0 spiro atoms. The summed E-state index contributed by atoms with van der Waals surface area (Å²) < 4.78 is 8.29. The normalized spacial score (nSPS) is 11.2. The van der Waals surface area contributed by atoms with Gasteiger partial charge in [0, 0.05) is 11.1 Å². The van der Waals surface area contributed by atoms with Crippen LogP contribution in [0.2, 0.25) is 0 Å². The predicted molar refractivity (Wildman–Crippen MR) is 122 cm³/mol. The molecule has 0 aliphatic carbocycles. The number of hydrogen-bond acceptors (Lipinski definition) is 0. The molecule has 3 aromatic carbocycles. The van der Waals surface area contributed by atoms with Gasteiger partial charge in [0.15, 0.2) is 0 Å². The van der Waals surface area contributed by atoms with Gasteiger partial charge in [-0.1, -0.05) is 49.6 Å². The van der Waals surface area contributed by atoms with Crippen molar-refractivity contribution in [1.29, 1.82) is 0 Å². The highest BCUT2D eigenvalue weighted by molar-refractivity contribution is 6.00. The molecule has 5 rings (SSSR count). The van der Waals surface area contributed by atoms with Crippen LogP contribution in [0.25, 0.3) is 33.9 Å². The van der Waals surface area contributed by atoms with Crippen molar-refractivity contribution in [3.8, 4) is 0 Å². The number of benzene rings is 3. The Kier molecular flexibility index (Phi) is 4.52. The van der Waals surface area contributed by atoms with Gasteiger partial charge < -0.3 is 0 Å². The minimum atomic E-state index is 0.822. The predicted octanol–water partition coefficient (Wildman–Crippen LogP) is 4.47. The van der Waals surface area contributed by atoms with Crippen molar-refractivity contribution in [3.05, 3.63) is 110 Å². The van der Waals surface area contributed by atoms with Gasteiger partial charge in [-0.25, -0.2) is 18.3 Å². The molecule has 4 nitrogen and oxygen atoms in total. The summed E-state index contributed by atoms with van der Waals surface area (Å²) >= 11 is 0. The second-order valence-corrected chi connectivity index (χ2v) is 7.56. The summed E-state index contributed by atoms with van der Waals surface area (Å²) in [5.41, 5.74) is 2.61. The molecule has 0 radical (unpaired) electrons. The van der Waals surface area contributed by atoms with Gasteiger partial charge >= 0.3 is 0 Å². The molecule has 4 heteroatoms. The van der Waals surface area contributed by atoms with Crippen molar-refractivity contribution in [1.82, 2.24) is 9.13 Å². The first-order valence-corrected chi connectivity index (χ1v) is 10.0. The third-order valence-electron chi connectivity index (χ3n) is 5.61. The van der Waals surface area contributed by atoms with Gasteiger partial charge in [0.2, 0.25) is 12.7 Å². The van der Waals surface area contributed by atoms with Gasteiger partial charge in [0.05, 0.1) is 12.4 Å². The first kappa shape index (κ1) is 18.1. The fraction of sp³-hybridized carbons (Fsp3) is 0.0769. The Morgan fingerprint density at radius 1 is 0.700 bits per heavy atom. The molecule has 5 aromatic rings. The second kappa shape index (κ2) is 7.48. The lowest BCUT2D eigenvalue weighted by atomic mass is 9.97. The van der Waals surface area contributed by atoms with E-state index in [-0.39, 0.29) is 0 Å². The van der Waals surface area contributed by atoms with Crippen LogP contribution < -0.4 is 9.13 Å². The third-order valence-corrected chi connectivity index (χ3v) is 5.61. The molecule has 0 N–H and O–H groups in total. The van der Waals surface area contributed by atoms with E-state index >= 15 is 0 Å². The van der Waals surface area contributed by atoms with Crippen LogP contribution in [0.4, 0.5) is 0 Å². The third kappa shape index (κ3) is 3.33. The molecule has 2 aromatic heterocycles. The Balaban J connectivity index is 1.60. The Bertz CT molecular complexity index is 1280. The fourth-order valence-electron chi connectivity index (χ4n) is 4.08. The van der Waals surface area contributed by atoms with E-state index in [0.29, 0.717) is 0 Å². The van der Waals surface area contributed by atoms with E-state index in [9.17, 15) is 0 Å². The standard InChI is InChI=1S/C26H24N4/c1-3-27-11-13-29(19-27)17-23-9-5-7-21-15-22-8-6-10-24(26(22)16-25(21)23)18-30-14-12-28(4-2)20-30/h3-16,19-20H,1-2,17-18H2/q+2. The van der Waals surface area contributed by atoms with Crippen LogP contribution in [0.5, 0.6) is 0 Å². The molecular formula is C26H24N4+2. The molecule has 0 aliphatic heterocycles. The average Bonchev–Trinajstić information content (AvgIpc) is 3.42. The van der Waals surface area contributed by atoms with Gasteiger partial charge in [-0.2, -0.15) is 0 Å². The molecule has 146 valence electrons. The van der Waals surface area contributed by atoms with Crippen LogP contribution in [0.3, 0.4) is 0 Å². The van der Waals surface area contributed by atoms with E-state index in [2.05, 4.69) is 95.9 Å². The lowest BCUT2D eigenvalue weighted by Gasteiger charge is -2.10. The SMILES string of the molecule is C=Cn1cc[n+](Cc2cccc3cc4cccc(C[n+]5ccn(C=C)c5)c4cc23)c1. The minimum Gasteiger partial charge on any atom is -0.232 e. The van der Waals surface area contributed by atoms with Crippen molar-refractivity contribution in [2.75, 3.05) is 0 Å². The number of imidazole rings is 2. The Hall–Kier alpha value is -3.92. The summed E-state index contributed by atoms with van der Waals surface area (Å²) in [6.45, 7) is 9.30. The van der Waals surface area contributed by atoms with Crippen LogP contribution in [0.15, 0.2) is 99.1 Å². The Labute approximate surface area is 175 Å². The summed E-state index contributed by atoms with van der Waals surface area (Å²) in [5, 5.41) is 5.13. The average molecular weight is 393 g/mol. The maximum absolute atomic E-state index is 3.83. The maximum atomic E-state index is 3.83. The smallest absolute Gasteiger partial charge is 0.232 e. The largest absolute Gasteiger partial charge is 0.248 e. The number of aromatic nitrogens is 4. The van der Waals surface area contributed by atoms with E-state index in [1.165, 1.54) is 32.7 Å². The molecule has 0 bridgehead atoms. The molecule has 0 saturated carbocycles. The van der Waals surface area contributed by atoms with E-state index in [1.807, 2.05) is 21.5 Å². The van der Waals surface area contributed by atoms with Crippen molar-refractivity contribution in [2.45, 2.75) is 13.1 Å². The highest BCUT2D eigenvalue weighted by Crippen LogP contribution is 2.28. The van der Waals surface area contributed by atoms with Gasteiger partial charge in [-0.3, -0.25) is 0 Å². The zero-order chi connectivity index (χ0) is 20.5. The van der Waals surface area contributed by atoms with Crippen LogP contribution in [-0.4, -0.2) is 9.13 Å². The molecular weight excluding hydrogens is 368 g/mol. The molecule has 0 saturated heterocycles. The maximum Gasteiger partial charge on any atom is 0.248 e. The summed E-state index contributed by atoms with van der Waals surface area (Å²) in [7, 11) is 0. The van der Waals surface area contributed by atoms with Crippen LogP contribution >= 0.6 is 0 Å². The first-order chi connectivity index (χ1) is 14.7. The van der Waals surface area contributed by atoms with Gasteiger partial charge in [-0.15, -0.1) is 0 Å². The number of rotatable bonds is 6. The van der Waals surface area contributed by atoms with Crippen molar-refractivity contribution in [2.24, 2.45) is 0 Å². The molecule has 0 aliphatic rings. The van der Waals surface area contributed by atoms with Crippen molar-refractivity contribution in [3.63, 3.8) is 0 Å². The molecule has 0 unspecified atom stereocenters.